The summed E-state index contributed by atoms with van der Waals surface area (Å²) in [4.78, 5) is 13.1. The number of carbonyl (C=O) groups excluding carboxylic acids is 1. The number of halogens is 2. The molecule has 18 heavy (non-hydrogen) atoms. The van der Waals surface area contributed by atoms with Crippen LogP contribution in [0.3, 0.4) is 0 Å². The average Bonchev–Trinajstić information content (AvgIpc) is 2.51. The van der Waals surface area contributed by atoms with Crippen molar-refractivity contribution in [2.45, 2.75) is 27.2 Å². The quantitative estimate of drug-likeness (QED) is 0.880. The van der Waals surface area contributed by atoms with Crippen molar-refractivity contribution in [3.8, 4) is 0 Å². The van der Waals surface area contributed by atoms with Gasteiger partial charge in [0.1, 0.15) is 11.5 Å². The lowest BCUT2D eigenvalue weighted by molar-refractivity contribution is 0.0507. The van der Waals surface area contributed by atoms with E-state index in [0.29, 0.717) is 22.6 Å². The molecule has 1 aromatic heterocycles. The van der Waals surface area contributed by atoms with Gasteiger partial charge in [-0.05, 0) is 20.8 Å². The van der Waals surface area contributed by atoms with Gasteiger partial charge in [-0.3, -0.25) is 4.79 Å². The van der Waals surface area contributed by atoms with Gasteiger partial charge in [0.05, 0.1) is 18.7 Å². The first-order valence-corrected chi connectivity index (χ1v) is 5.63. The Morgan fingerprint density at radius 1 is 1.33 bits per heavy atom. The minimum absolute atomic E-state index is 0.119. The topological polar surface area (TPSA) is 53.7 Å². The molecule has 1 rings (SSSR count). The smallest absolute Gasteiger partial charge is 0.257 e. The van der Waals surface area contributed by atoms with Crippen LogP contribution in [0.2, 0.25) is 0 Å². The number of aryl methyl sites for hydroxylation is 2. The monoisotopic (exact) mass is 261 g/mol. The molecule has 0 unspecified atom stereocenters. The molecule has 1 amide bonds. The van der Waals surface area contributed by atoms with Gasteiger partial charge < -0.3 is 14.4 Å². The number of alkyl halides is 2. The fourth-order valence-electron chi connectivity index (χ4n) is 1.83. The van der Waals surface area contributed by atoms with Crippen LogP contribution >= 0.6 is 0 Å². The van der Waals surface area contributed by atoms with Crippen molar-refractivity contribution < 1.29 is 23.1 Å². The van der Waals surface area contributed by atoms with Gasteiger partial charge in [0.2, 0.25) is 0 Å². The van der Waals surface area contributed by atoms with Crippen LogP contribution in [0.25, 0.3) is 0 Å². The van der Waals surface area contributed by atoms with Gasteiger partial charge in [0, 0.05) is 12.1 Å². The highest BCUT2D eigenvalue weighted by Crippen LogP contribution is 2.22. The Morgan fingerprint density at radius 2 is 1.94 bits per heavy atom. The predicted octanol–water partition coefficient (Wildman–Crippen LogP) is 1.90. The maximum atomic E-state index is 12.4. The van der Waals surface area contributed by atoms with Crippen LogP contribution in [0.4, 0.5) is 8.78 Å². The Hall–Kier alpha value is -1.43. The van der Waals surface area contributed by atoms with Crippen molar-refractivity contribution >= 4 is 5.91 Å². The minimum Gasteiger partial charge on any atom is -0.466 e. The molecule has 1 N–H and O–H groups in total. The summed E-state index contributed by atoms with van der Waals surface area (Å²) >= 11 is 0. The third-order valence-electron chi connectivity index (χ3n) is 2.79. The van der Waals surface area contributed by atoms with Crippen molar-refractivity contribution in [2.24, 2.45) is 0 Å². The number of nitrogens with zero attached hydrogens (tertiary/aromatic N) is 1. The fraction of sp³-hybridized carbons (Fsp3) is 0.583. The van der Waals surface area contributed by atoms with Gasteiger partial charge >= 0.3 is 0 Å². The van der Waals surface area contributed by atoms with Crippen LogP contribution in [0.5, 0.6) is 0 Å². The second-order valence-corrected chi connectivity index (χ2v) is 4.08. The van der Waals surface area contributed by atoms with E-state index in [1.54, 1.807) is 20.8 Å². The molecule has 0 saturated carbocycles. The highest BCUT2D eigenvalue weighted by Gasteiger charge is 2.25. The number of hydrogen-bond acceptors (Lipinski definition) is 3. The molecule has 0 spiro atoms. The SMILES string of the molecule is Cc1oc(C)c(C(=O)N(CCO)CC(F)F)c1C. The van der Waals surface area contributed by atoms with Crippen molar-refractivity contribution in [2.75, 3.05) is 19.7 Å². The molecule has 0 aliphatic heterocycles. The molecular weight excluding hydrogens is 244 g/mol. The van der Waals surface area contributed by atoms with Crippen molar-refractivity contribution in [3.05, 3.63) is 22.6 Å². The molecule has 6 heteroatoms. The molecule has 102 valence electrons. The van der Waals surface area contributed by atoms with Gasteiger partial charge in [-0.2, -0.15) is 0 Å². The summed E-state index contributed by atoms with van der Waals surface area (Å²) in [5.41, 5.74) is 0.955. The zero-order valence-corrected chi connectivity index (χ0v) is 10.7. The maximum absolute atomic E-state index is 12.4. The van der Waals surface area contributed by atoms with E-state index in [2.05, 4.69) is 0 Å². The Morgan fingerprint density at radius 3 is 2.33 bits per heavy atom. The second-order valence-electron chi connectivity index (χ2n) is 4.08. The highest BCUT2D eigenvalue weighted by atomic mass is 19.3. The first-order chi connectivity index (χ1) is 8.38. The fourth-order valence-corrected chi connectivity index (χ4v) is 1.83. The Labute approximate surface area is 104 Å². The largest absolute Gasteiger partial charge is 0.466 e. The second kappa shape index (κ2) is 5.95. The van der Waals surface area contributed by atoms with Gasteiger partial charge in [0.25, 0.3) is 12.3 Å². The number of amides is 1. The van der Waals surface area contributed by atoms with E-state index in [0.717, 1.165) is 4.90 Å². The van der Waals surface area contributed by atoms with E-state index in [4.69, 9.17) is 9.52 Å². The summed E-state index contributed by atoms with van der Waals surface area (Å²) in [5, 5.41) is 8.83. The first-order valence-electron chi connectivity index (χ1n) is 5.63. The van der Waals surface area contributed by atoms with Crippen molar-refractivity contribution in [3.63, 3.8) is 0 Å². The van der Waals surface area contributed by atoms with E-state index in [1.165, 1.54) is 0 Å². The van der Waals surface area contributed by atoms with E-state index >= 15 is 0 Å². The summed E-state index contributed by atoms with van der Waals surface area (Å²) in [6, 6.07) is 0. The lowest BCUT2D eigenvalue weighted by Crippen LogP contribution is -2.37. The van der Waals surface area contributed by atoms with Crippen LogP contribution in [-0.4, -0.2) is 42.0 Å². The summed E-state index contributed by atoms with van der Waals surface area (Å²) in [5.74, 6) is 0.472. The highest BCUT2D eigenvalue weighted by molar-refractivity contribution is 5.96. The van der Waals surface area contributed by atoms with Crippen molar-refractivity contribution in [1.29, 1.82) is 0 Å². The molecule has 0 fully saturated rings. The molecule has 0 aliphatic rings. The number of carbonyl (C=O) groups is 1. The third kappa shape index (κ3) is 3.07. The van der Waals surface area contributed by atoms with E-state index in [9.17, 15) is 13.6 Å². The molecule has 0 radical (unpaired) electrons. The van der Waals surface area contributed by atoms with Crippen LogP contribution < -0.4 is 0 Å². The molecule has 0 aromatic carbocycles. The molecular formula is C12H17F2NO3. The van der Waals surface area contributed by atoms with Crippen LogP contribution in [0.1, 0.15) is 27.4 Å². The van der Waals surface area contributed by atoms with Gasteiger partial charge in [0.15, 0.2) is 0 Å². The van der Waals surface area contributed by atoms with E-state index < -0.39 is 18.9 Å². The predicted molar refractivity (Wildman–Crippen MR) is 61.9 cm³/mol. The maximum Gasteiger partial charge on any atom is 0.257 e. The molecule has 0 atom stereocenters. The lowest BCUT2D eigenvalue weighted by atomic mass is 10.1. The lowest BCUT2D eigenvalue weighted by Gasteiger charge is -2.21. The van der Waals surface area contributed by atoms with Crippen LogP contribution in [-0.2, 0) is 0 Å². The molecule has 0 bridgehead atoms. The minimum atomic E-state index is -2.63. The number of furan rings is 1. The van der Waals surface area contributed by atoms with Gasteiger partial charge in [-0.15, -0.1) is 0 Å². The molecule has 1 heterocycles. The van der Waals surface area contributed by atoms with Crippen LogP contribution in [0.15, 0.2) is 4.42 Å². The first kappa shape index (κ1) is 14.6. The van der Waals surface area contributed by atoms with Crippen molar-refractivity contribution in [1.82, 2.24) is 4.90 Å². The normalized spacial score (nSPS) is 11.1. The standard InChI is InChI=1S/C12H17F2NO3/c1-7-8(2)18-9(3)11(7)12(17)15(4-5-16)6-10(13)14/h10,16H,4-6H2,1-3H3. The van der Waals surface area contributed by atoms with Crippen LogP contribution in [0, 0.1) is 20.8 Å². The summed E-state index contributed by atoms with van der Waals surface area (Å²) in [6.07, 6.45) is -2.63. The Kier molecular flexibility index (Phi) is 4.84. The molecule has 4 nitrogen and oxygen atoms in total. The van der Waals surface area contributed by atoms with E-state index in [-0.39, 0.29) is 13.2 Å². The molecule has 1 aromatic rings. The number of rotatable bonds is 5. The zero-order chi connectivity index (χ0) is 13.9. The number of aliphatic hydroxyl groups excluding tert-OH is 1. The van der Waals surface area contributed by atoms with Gasteiger partial charge in [-0.25, -0.2) is 8.78 Å². The zero-order valence-electron chi connectivity index (χ0n) is 10.7. The number of aliphatic hydroxyl groups is 1. The Bertz CT molecular complexity index is 429. The molecule has 0 saturated heterocycles. The molecule has 0 aliphatic carbocycles. The Balaban J connectivity index is 3.01. The summed E-state index contributed by atoms with van der Waals surface area (Å²) in [7, 11) is 0. The van der Waals surface area contributed by atoms with E-state index in [1.807, 2.05) is 0 Å². The summed E-state index contributed by atoms with van der Waals surface area (Å²) in [6.45, 7) is 3.87. The summed E-state index contributed by atoms with van der Waals surface area (Å²) < 4.78 is 30.1. The van der Waals surface area contributed by atoms with Gasteiger partial charge in [-0.1, -0.05) is 0 Å². The average molecular weight is 261 g/mol. The third-order valence-corrected chi connectivity index (χ3v) is 2.79. The number of hydrogen-bond donors (Lipinski definition) is 1.